The summed E-state index contributed by atoms with van der Waals surface area (Å²) in [4.78, 5) is 0. The number of benzene rings is 1. The van der Waals surface area contributed by atoms with Gasteiger partial charge in [-0.15, -0.1) is 0 Å². The Morgan fingerprint density at radius 3 is 2.15 bits per heavy atom. The average Bonchev–Trinajstić information content (AvgIpc) is 2.20. The molecule has 0 bridgehead atoms. The molecule has 0 aromatic heterocycles. The van der Waals surface area contributed by atoms with Crippen molar-refractivity contribution in [3.05, 3.63) is 35.9 Å². The summed E-state index contributed by atoms with van der Waals surface area (Å²) in [6.45, 7) is 4.15. The van der Waals surface area contributed by atoms with Crippen LogP contribution < -0.4 is 0 Å². The molecule has 0 heterocycles. The van der Waals surface area contributed by atoms with Gasteiger partial charge in [-0.3, -0.25) is 0 Å². The Labute approximate surface area is 80.4 Å². The number of aliphatic hydroxyl groups excluding tert-OH is 1. The van der Waals surface area contributed by atoms with Crippen molar-refractivity contribution in [3.63, 3.8) is 0 Å². The van der Waals surface area contributed by atoms with Gasteiger partial charge in [0.2, 0.25) is 0 Å². The minimum Gasteiger partial charge on any atom is -0.393 e. The molecular weight excluding hydrogens is 160 g/mol. The average molecular weight is 178 g/mol. The summed E-state index contributed by atoms with van der Waals surface area (Å²) in [5.74, 6) is 0.297. The van der Waals surface area contributed by atoms with Gasteiger partial charge in [0.25, 0.3) is 0 Å². The SMILES string of the molecule is CC[C@H](c1ccccc1)[C@@H](O)CC. The smallest absolute Gasteiger partial charge is 0.0606 e. The molecule has 0 spiro atoms. The van der Waals surface area contributed by atoms with Crippen molar-refractivity contribution in [1.82, 2.24) is 0 Å². The van der Waals surface area contributed by atoms with E-state index in [1.54, 1.807) is 0 Å². The predicted molar refractivity (Wildman–Crippen MR) is 55.8 cm³/mol. The highest BCUT2D eigenvalue weighted by Gasteiger charge is 2.16. The monoisotopic (exact) mass is 178 g/mol. The topological polar surface area (TPSA) is 20.2 Å². The second kappa shape index (κ2) is 5.03. The van der Waals surface area contributed by atoms with Crippen molar-refractivity contribution in [2.45, 2.75) is 38.7 Å². The van der Waals surface area contributed by atoms with Gasteiger partial charge in [0, 0.05) is 5.92 Å². The van der Waals surface area contributed by atoms with Crippen LogP contribution >= 0.6 is 0 Å². The van der Waals surface area contributed by atoms with E-state index in [0.29, 0.717) is 5.92 Å². The molecule has 0 unspecified atom stereocenters. The third-order valence-corrected chi connectivity index (χ3v) is 2.55. The van der Waals surface area contributed by atoms with Crippen molar-refractivity contribution in [3.8, 4) is 0 Å². The van der Waals surface area contributed by atoms with Crippen LogP contribution in [-0.2, 0) is 0 Å². The minimum atomic E-state index is -0.201. The van der Waals surface area contributed by atoms with E-state index in [9.17, 15) is 5.11 Å². The maximum Gasteiger partial charge on any atom is 0.0606 e. The van der Waals surface area contributed by atoms with E-state index in [4.69, 9.17) is 0 Å². The molecule has 1 nitrogen and oxygen atoms in total. The summed E-state index contributed by atoms with van der Waals surface area (Å²) in [5, 5.41) is 9.77. The molecule has 1 aromatic rings. The Bertz CT molecular complexity index is 230. The Morgan fingerprint density at radius 2 is 1.69 bits per heavy atom. The quantitative estimate of drug-likeness (QED) is 0.751. The second-order valence-corrected chi connectivity index (χ2v) is 3.40. The Hall–Kier alpha value is -0.820. The molecule has 2 atom stereocenters. The third-order valence-electron chi connectivity index (χ3n) is 2.55. The molecule has 0 saturated heterocycles. The molecule has 1 N–H and O–H groups in total. The molecule has 0 amide bonds. The summed E-state index contributed by atoms with van der Waals surface area (Å²) in [6.07, 6.45) is 1.62. The van der Waals surface area contributed by atoms with E-state index >= 15 is 0 Å². The van der Waals surface area contributed by atoms with Gasteiger partial charge in [-0.2, -0.15) is 0 Å². The number of hydrogen-bond donors (Lipinski definition) is 1. The van der Waals surface area contributed by atoms with Crippen LogP contribution in [0.25, 0.3) is 0 Å². The third kappa shape index (κ3) is 2.56. The maximum absolute atomic E-state index is 9.77. The van der Waals surface area contributed by atoms with E-state index in [-0.39, 0.29) is 6.10 Å². The summed E-state index contributed by atoms with van der Waals surface area (Å²) in [7, 11) is 0. The van der Waals surface area contributed by atoms with Crippen molar-refractivity contribution in [2.24, 2.45) is 0 Å². The zero-order valence-corrected chi connectivity index (χ0v) is 8.40. The minimum absolute atomic E-state index is 0.201. The van der Waals surface area contributed by atoms with Gasteiger partial charge in [0.1, 0.15) is 0 Å². The second-order valence-electron chi connectivity index (χ2n) is 3.40. The van der Waals surface area contributed by atoms with Gasteiger partial charge in [0.05, 0.1) is 6.10 Å². The molecule has 0 aliphatic carbocycles. The first kappa shape index (κ1) is 10.3. The van der Waals surface area contributed by atoms with E-state index in [0.717, 1.165) is 12.8 Å². The Kier molecular flexibility index (Phi) is 3.97. The lowest BCUT2D eigenvalue weighted by atomic mass is 9.90. The van der Waals surface area contributed by atoms with Crippen LogP contribution in [0.1, 0.15) is 38.2 Å². The standard InChI is InChI=1S/C12H18O/c1-3-11(12(13)4-2)10-8-6-5-7-9-10/h5-9,11-13H,3-4H2,1-2H3/t11-,12+/m1/s1. The summed E-state index contributed by atoms with van der Waals surface area (Å²) >= 11 is 0. The molecule has 13 heavy (non-hydrogen) atoms. The number of rotatable bonds is 4. The Balaban J connectivity index is 2.78. The van der Waals surface area contributed by atoms with Gasteiger partial charge in [-0.25, -0.2) is 0 Å². The van der Waals surface area contributed by atoms with Crippen molar-refractivity contribution < 1.29 is 5.11 Å². The van der Waals surface area contributed by atoms with Gasteiger partial charge < -0.3 is 5.11 Å². The van der Waals surface area contributed by atoms with Crippen LogP contribution in [0.5, 0.6) is 0 Å². The first-order valence-electron chi connectivity index (χ1n) is 5.02. The Morgan fingerprint density at radius 1 is 1.08 bits per heavy atom. The van der Waals surface area contributed by atoms with Crippen LogP contribution in [0.4, 0.5) is 0 Å². The lowest BCUT2D eigenvalue weighted by Crippen LogP contribution is -2.16. The van der Waals surface area contributed by atoms with Crippen molar-refractivity contribution >= 4 is 0 Å². The summed E-state index contributed by atoms with van der Waals surface area (Å²) < 4.78 is 0. The highest BCUT2D eigenvalue weighted by Crippen LogP contribution is 2.24. The molecular formula is C12H18O. The summed E-state index contributed by atoms with van der Waals surface area (Å²) in [5.41, 5.74) is 1.25. The van der Waals surface area contributed by atoms with Crippen molar-refractivity contribution in [1.29, 1.82) is 0 Å². The van der Waals surface area contributed by atoms with E-state index in [1.165, 1.54) is 5.56 Å². The zero-order valence-electron chi connectivity index (χ0n) is 8.40. The van der Waals surface area contributed by atoms with Gasteiger partial charge >= 0.3 is 0 Å². The molecule has 1 aromatic carbocycles. The lowest BCUT2D eigenvalue weighted by Gasteiger charge is -2.20. The van der Waals surface area contributed by atoms with Gasteiger partial charge in [-0.05, 0) is 18.4 Å². The fourth-order valence-corrected chi connectivity index (χ4v) is 1.71. The van der Waals surface area contributed by atoms with Crippen LogP contribution in [-0.4, -0.2) is 11.2 Å². The lowest BCUT2D eigenvalue weighted by molar-refractivity contribution is 0.136. The molecule has 0 radical (unpaired) electrons. The zero-order chi connectivity index (χ0) is 9.68. The van der Waals surface area contributed by atoms with Crippen LogP contribution in [0.15, 0.2) is 30.3 Å². The molecule has 0 aliphatic rings. The first-order chi connectivity index (χ1) is 6.29. The molecule has 72 valence electrons. The van der Waals surface area contributed by atoms with Gasteiger partial charge in [0.15, 0.2) is 0 Å². The van der Waals surface area contributed by atoms with E-state index < -0.39 is 0 Å². The maximum atomic E-state index is 9.77. The van der Waals surface area contributed by atoms with Crippen LogP contribution in [0.3, 0.4) is 0 Å². The largest absolute Gasteiger partial charge is 0.393 e. The molecule has 1 heteroatoms. The molecule has 0 fully saturated rings. The molecule has 1 rings (SSSR count). The number of hydrogen-bond acceptors (Lipinski definition) is 1. The fraction of sp³-hybridized carbons (Fsp3) is 0.500. The highest BCUT2D eigenvalue weighted by atomic mass is 16.3. The van der Waals surface area contributed by atoms with E-state index in [2.05, 4.69) is 19.1 Å². The number of aliphatic hydroxyl groups is 1. The molecule has 0 aliphatic heterocycles. The molecule has 0 saturated carbocycles. The first-order valence-corrected chi connectivity index (χ1v) is 5.02. The normalized spacial score (nSPS) is 15.3. The van der Waals surface area contributed by atoms with Crippen molar-refractivity contribution in [2.75, 3.05) is 0 Å². The fourth-order valence-electron chi connectivity index (χ4n) is 1.71. The summed E-state index contributed by atoms with van der Waals surface area (Å²) in [6, 6.07) is 10.2. The predicted octanol–water partition coefficient (Wildman–Crippen LogP) is 2.95. The van der Waals surface area contributed by atoms with Gasteiger partial charge in [-0.1, -0.05) is 44.2 Å². The van der Waals surface area contributed by atoms with E-state index in [1.807, 2.05) is 25.1 Å². The highest BCUT2D eigenvalue weighted by molar-refractivity contribution is 5.20. The van der Waals surface area contributed by atoms with Crippen LogP contribution in [0, 0.1) is 0 Å². The van der Waals surface area contributed by atoms with Crippen LogP contribution in [0.2, 0.25) is 0 Å².